The molecule has 2 nitrogen and oxygen atoms in total. The van der Waals surface area contributed by atoms with Gasteiger partial charge in [-0.1, -0.05) is 18.2 Å². The molecule has 2 rings (SSSR count). The summed E-state index contributed by atoms with van der Waals surface area (Å²) in [5, 5.41) is 10.6. The summed E-state index contributed by atoms with van der Waals surface area (Å²) in [6.45, 7) is 4.67. The van der Waals surface area contributed by atoms with E-state index in [4.69, 9.17) is 0 Å². The minimum atomic E-state index is 0.343. The summed E-state index contributed by atoms with van der Waals surface area (Å²) < 4.78 is 2.17. The lowest BCUT2D eigenvalue weighted by Gasteiger charge is -2.02. The molecule has 0 fully saturated rings. The van der Waals surface area contributed by atoms with Crippen LogP contribution in [0.1, 0.15) is 12.8 Å². The lowest BCUT2D eigenvalue weighted by Crippen LogP contribution is -2.33. The SMILES string of the molecule is C=CCCC[n+]1ccc(O)c2ccccc21. The van der Waals surface area contributed by atoms with Crippen LogP contribution in [-0.4, -0.2) is 5.11 Å². The average molecular weight is 214 g/mol. The molecule has 16 heavy (non-hydrogen) atoms. The van der Waals surface area contributed by atoms with Gasteiger partial charge in [-0.3, -0.25) is 0 Å². The quantitative estimate of drug-likeness (QED) is 0.472. The van der Waals surface area contributed by atoms with Gasteiger partial charge in [-0.2, -0.15) is 4.57 Å². The molecular weight excluding hydrogens is 198 g/mol. The molecule has 1 heterocycles. The fraction of sp³-hybridized carbons (Fsp3) is 0.214. The maximum atomic E-state index is 9.74. The van der Waals surface area contributed by atoms with Gasteiger partial charge in [0.1, 0.15) is 12.3 Å². The first-order valence-corrected chi connectivity index (χ1v) is 5.54. The van der Waals surface area contributed by atoms with Crippen LogP contribution in [-0.2, 0) is 6.54 Å². The van der Waals surface area contributed by atoms with Crippen molar-refractivity contribution in [2.45, 2.75) is 19.4 Å². The number of para-hydroxylation sites is 1. The molecule has 82 valence electrons. The zero-order chi connectivity index (χ0) is 11.4. The lowest BCUT2D eigenvalue weighted by atomic mass is 10.2. The number of aryl methyl sites for hydroxylation is 1. The third-order valence-electron chi connectivity index (χ3n) is 2.71. The molecule has 1 aromatic carbocycles. The van der Waals surface area contributed by atoms with E-state index in [1.54, 1.807) is 6.07 Å². The number of hydrogen-bond acceptors (Lipinski definition) is 1. The normalized spacial score (nSPS) is 10.5. The summed E-state index contributed by atoms with van der Waals surface area (Å²) >= 11 is 0. The molecule has 0 aliphatic carbocycles. The smallest absolute Gasteiger partial charge is 0.216 e. The number of aromatic hydroxyl groups is 1. The van der Waals surface area contributed by atoms with E-state index in [0.29, 0.717) is 5.75 Å². The van der Waals surface area contributed by atoms with Crippen LogP contribution >= 0.6 is 0 Å². The fourth-order valence-corrected chi connectivity index (χ4v) is 1.87. The van der Waals surface area contributed by atoms with Crippen molar-refractivity contribution in [2.75, 3.05) is 0 Å². The van der Waals surface area contributed by atoms with Crippen LogP contribution in [0, 0.1) is 0 Å². The molecule has 1 aromatic heterocycles. The summed E-state index contributed by atoms with van der Waals surface area (Å²) in [7, 11) is 0. The molecule has 0 spiro atoms. The summed E-state index contributed by atoms with van der Waals surface area (Å²) in [6, 6.07) is 9.65. The molecular formula is C14H16NO+. The third kappa shape index (κ3) is 2.06. The second kappa shape index (κ2) is 4.79. The molecule has 0 atom stereocenters. The Labute approximate surface area is 95.5 Å². The van der Waals surface area contributed by atoms with Gasteiger partial charge >= 0.3 is 0 Å². The van der Waals surface area contributed by atoms with Gasteiger partial charge in [-0.15, -0.1) is 6.58 Å². The summed E-state index contributed by atoms with van der Waals surface area (Å²) in [5.74, 6) is 0.343. The van der Waals surface area contributed by atoms with Crippen molar-refractivity contribution >= 4 is 10.9 Å². The van der Waals surface area contributed by atoms with E-state index in [9.17, 15) is 5.11 Å². The van der Waals surface area contributed by atoms with Crippen molar-refractivity contribution in [1.82, 2.24) is 0 Å². The molecule has 2 heteroatoms. The number of benzene rings is 1. The van der Waals surface area contributed by atoms with Gasteiger partial charge in [0.15, 0.2) is 6.20 Å². The molecule has 0 saturated carbocycles. The number of pyridine rings is 1. The van der Waals surface area contributed by atoms with Gasteiger partial charge in [-0.05, 0) is 12.5 Å². The van der Waals surface area contributed by atoms with Crippen molar-refractivity contribution < 1.29 is 9.67 Å². The molecule has 1 N–H and O–H groups in total. The van der Waals surface area contributed by atoms with Gasteiger partial charge in [0.05, 0.1) is 5.39 Å². The minimum absolute atomic E-state index is 0.343. The number of unbranched alkanes of at least 4 members (excludes halogenated alkanes) is 1. The lowest BCUT2D eigenvalue weighted by molar-refractivity contribution is -0.671. The van der Waals surface area contributed by atoms with Crippen LogP contribution in [0.4, 0.5) is 0 Å². The molecule has 0 saturated heterocycles. The molecule has 0 aliphatic heterocycles. The van der Waals surface area contributed by atoms with Crippen LogP contribution in [0.15, 0.2) is 49.2 Å². The first kappa shape index (κ1) is 10.7. The maximum absolute atomic E-state index is 9.74. The summed E-state index contributed by atoms with van der Waals surface area (Å²) in [5.41, 5.74) is 1.08. The van der Waals surface area contributed by atoms with Gasteiger partial charge in [0.25, 0.3) is 0 Å². The zero-order valence-electron chi connectivity index (χ0n) is 9.26. The van der Waals surface area contributed by atoms with E-state index >= 15 is 0 Å². The number of fused-ring (bicyclic) bond motifs is 1. The first-order chi connectivity index (χ1) is 7.83. The number of aromatic nitrogens is 1. The van der Waals surface area contributed by atoms with Crippen LogP contribution in [0.2, 0.25) is 0 Å². The van der Waals surface area contributed by atoms with E-state index in [-0.39, 0.29) is 0 Å². The van der Waals surface area contributed by atoms with Crippen molar-refractivity contribution in [1.29, 1.82) is 0 Å². The Morgan fingerprint density at radius 3 is 2.88 bits per heavy atom. The van der Waals surface area contributed by atoms with Gasteiger partial charge < -0.3 is 5.11 Å². The van der Waals surface area contributed by atoms with E-state index in [1.165, 1.54) is 0 Å². The van der Waals surface area contributed by atoms with Crippen LogP contribution in [0.25, 0.3) is 10.9 Å². The van der Waals surface area contributed by atoms with Gasteiger partial charge in [0, 0.05) is 18.6 Å². The zero-order valence-corrected chi connectivity index (χ0v) is 9.26. The van der Waals surface area contributed by atoms with E-state index < -0.39 is 0 Å². The Hall–Kier alpha value is -1.83. The Morgan fingerprint density at radius 1 is 1.25 bits per heavy atom. The van der Waals surface area contributed by atoms with Crippen LogP contribution < -0.4 is 4.57 Å². The van der Waals surface area contributed by atoms with Gasteiger partial charge in [0.2, 0.25) is 5.52 Å². The van der Waals surface area contributed by atoms with Crippen molar-refractivity contribution in [3.05, 3.63) is 49.2 Å². The number of hydrogen-bond donors (Lipinski definition) is 1. The van der Waals surface area contributed by atoms with Gasteiger partial charge in [-0.25, -0.2) is 0 Å². The highest BCUT2D eigenvalue weighted by Crippen LogP contribution is 2.20. The minimum Gasteiger partial charge on any atom is -0.507 e. The summed E-state index contributed by atoms with van der Waals surface area (Å²) in [4.78, 5) is 0. The number of allylic oxidation sites excluding steroid dienone is 1. The summed E-state index contributed by atoms with van der Waals surface area (Å²) in [6.07, 6.45) is 5.95. The monoisotopic (exact) mass is 214 g/mol. The second-order valence-corrected chi connectivity index (χ2v) is 3.84. The van der Waals surface area contributed by atoms with Crippen LogP contribution in [0.3, 0.4) is 0 Å². The maximum Gasteiger partial charge on any atom is 0.216 e. The van der Waals surface area contributed by atoms with Crippen molar-refractivity contribution in [3.63, 3.8) is 0 Å². The fourth-order valence-electron chi connectivity index (χ4n) is 1.87. The molecule has 0 unspecified atom stereocenters. The van der Waals surface area contributed by atoms with E-state index in [2.05, 4.69) is 11.1 Å². The standard InChI is InChI=1S/C14H15NO/c1-2-3-6-10-15-11-9-14(16)12-7-4-5-8-13(12)15/h2,4-5,7-9,11H,1,3,6,10H2/p+1. The molecule has 0 amide bonds. The molecule has 0 bridgehead atoms. The Kier molecular flexibility index (Phi) is 3.20. The highest BCUT2D eigenvalue weighted by molar-refractivity contribution is 5.81. The van der Waals surface area contributed by atoms with Crippen molar-refractivity contribution in [2.24, 2.45) is 0 Å². The largest absolute Gasteiger partial charge is 0.507 e. The predicted octanol–water partition coefficient (Wildman–Crippen LogP) is 2.80. The highest BCUT2D eigenvalue weighted by atomic mass is 16.3. The predicted molar refractivity (Wildman–Crippen MR) is 65.2 cm³/mol. The molecule has 0 aliphatic rings. The number of nitrogens with zero attached hydrogens (tertiary/aromatic N) is 1. The Balaban J connectivity index is 2.38. The topological polar surface area (TPSA) is 24.1 Å². The van der Waals surface area contributed by atoms with E-state index in [0.717, 1.165) is 30.3 Å². The first-order valence-electron chi connectivity index (χ1n) is 5.54. The second-order valence-electron chi connectivity index (χ2n) is 3.84. The van der Waals surface area contributed by atoms with Crippen LogP contribution in [0.5, 0.6) is 5.75 Å². The third-order valence-corrected chi connectivity index (χ3v) is 2.71. The number of rotatable bonds is 4. The van der Waals surface area contributed by atoms with Crippen molar-refractivity contribution in [3.8, 4) is 5.75 Å². The molecule has 2 aromatic rings. The Morgan fingerprint density at radius 2 is 2.06 bits per heavy atom. The Bertz CT molecular complexity index is 505. The van der Waals surface area contributed by atoms with E-state index in [1.807, 2.05) is 36.5 Å². The molecule has 0 radical (unpaired) electrons. The average Bonchev–Trinajstić information content (AvgIpc) is 2.33. The highest BCUT2D eigenvalue weighted by Gasteiger charge is 2.10.